The molecule has 0 radical (unpaired) electrons. The molecule has 1 aliphatic heterocycles. The van der Waals surface area contributed by atoms with Crippen LogP contribution in [0.15, 0.2) is 74.8 Å². The fraction of sp³-hybridized carbons (Fsp3) is 0. The summed E-state index contributed by atoms with van der Waals surface area (Å²) in [5, 5.41) is 4.01. The lowest BCUT2D eigenvalue weighted by Crippen LogP contribution is -2.54. The second-order valence-electron chi connectivity index (χ2n) is 6.85. The number of para-hydroxylation sites is 2. The van der Waals surface area contributed by atoms with E-state index >= 15 is 0 Å². The van der Waals surface area contributed by atoms with Crippen LogP contribution in [-0.4, -0.2) is 26.9 Å². The molecule has 164 valence electrons. The zero-order valence-electron chi connectivity index (χ0n) is 16.5. The van der Waals surface area contributed by atoms with Gasteiger partial charge in [-0.05, 0) is 66.5 Å². The highest BCUT2D eigenvalue weighted by Crippen LogP contribution is 2.35. The van der Waals surface area contributed by atoms with Crippen LogP contribution in [0.5, 0.6) is 0 Å². The van der Waals surface area contributed by atoms with Crippen LogP contribution in [0, 0.1) is 0 Å². The maximum Gasteiger partial charge on any atom is 0.270 e. The number of hydrogen-bond donors (Lipinski definition) is 2. The van der Waals surface area contributed by atoms with Crippen molar-refractivity contribution in [3.8, 4) is 0 Å². The lowest BCUT2D eigenvalue weighted by Gasteiger charge is -2.29. The Hall–Kier alpha value is -3.11. The molecule has 3 heterocycles. The van der Waals surface area contributed by atoms with E-state index in [9.17, 15) is 9.59 Å². The Balaban J connectivity index is 1.42. The van der Waals surface area contributed by atoms with Crippen LogP contribution in [0.2, 0.25) is 10.0 Å². The number of aromatic amines is 1. The number of anilines is 1. The first-order valence-corrected chi connectivity index (χ1v) is 11.5. The highest BCUT2D eigenvalue weighted by atomic mass is 35.5. The Bertz CT molecular complexity index is 1440. The van der Waals surface area contributed by atoms with Crippen LogP contribution in [0.25, 0.3) is 17.1 Å². The average molecular weight is 515 g/mol. The van der Waals surface area contributed by atoms with Gasteiger partial charge in [-0.2, -0.15) is 0 Å². The van der Waals surface area contributed by atoms with E-state index in [0.29, 0.717) is 16.0 Å². The van der Waals surface area contributed by atoms with E-state index in [1.807, 2.05) is 24.3 Å². The van der Waals surface area contributed by atoms with Gasteiger partial charge in [-0.1, -0.05) is 41.4 Å². The van der Waals surface area contributed by atoms with Crippen molar-refractivity contribution in [1.82, 2.24) is 15.3 Å². The van der Waals surface area contributed by atoms with Crippen LogP contribution in [0.4, 0.5) is 5.69 Å². The zero-order valence-corrected chi connectivity index (χ0v) is 19.6. The van der Waals surface area contributed by atoms with Crippen molar-refractivity contribution in [2.24, 2.45) is 0 Å². The van der Waals surface area contributed by atoms with E-state index in [1.54, 1.807) is 30.3 Å². The molecule has 2 aromatic heterocycles. The predicted octanol–water partition coefficient (Wildman–Crippen LogP) is 5.45. The molecule has 4 aromatic rings. The Kier molecular flexibility index (Phi) is 5.71. The van der Waals surface area contributed by atoms with Gasteiger partial charge in [0.2, 0.25) is 0 Å². The molecule has 2 amide bonds. The quantitative estimate of drug-likeness (QED) is 0.214. The van der Waals surface area contributed by atoms with Crippen molar-refractivity contribution in [3.05, 3.63) is 76.0 Å². The summed E-state index contributed by atoms with van der Waals surface area (Å²) in [7, 11) is 0. The van der Waals surface area contributed by atoms with Crippen molar-refractivity contribution in [1.29, 1.82) is 0 Å². The van der Waals surface area contributed by atoms with Gasteiger partial charge in [-0.25, -0.2) is 4.98 Å². The van der Waals surface area contributed by atoms with E-state index in [4.69, 9.17) is 39.8 Å². The van der Waals surface area contributed by atoms with E-state index in [2.05, 4.69) is 15.3 Å². The number of thiocarbonyl (C=S) groups is 1. The summed E-state index contributed by atoms with van der Waals surface area (Å²) >= 11 is 18.8. The Morgan fingerprint density at radius 2 is 1.88 bits per heavy atom. The number of aromatic nitrogens is 2. The van der Waals surface area contributed by atoms with Crippen LogP contribution in [0.3, 0.4) is 0 Å². The first-order valence-electron chi connectivity index (χ1n) is 9.48. The molecule has 2 aromatic carbocycles. The predicted molar refractivity (Wildman–Crippen MR) is 132 cm³/mol. The number of rotatable bonds is 4. The number of carbonyl (C=O) groups excluding carboxylic acids is 2. The van der Waals surface area contributed by atoms with Crippen LogP contribution in [-0.2, 0) is 9.59 Å². The fourth-order valence-corrected chi connectivity index (χ4v) is 4.65. The number of imidazole rings is 1. The summed E-state index contributed by atoms with van der Waals surface area (Å²) in [6.07, 6.45) is 1.35. The van der Waals surface area contributed by atoms with Crippen molar-refractivity contribution in [2.45, 2.75) is 10.2 Å². The Morgan fingerprint density at radius 3 is 2.70 bits per heavy atom. The second-order valence-corrected chi connectivity index (χ2v) is 9.01. The lowest BCUT2D eigenvalue weighted by atomic mass is 10.1. The molecular weight excluding hydrogens is 503 g/mol. The minimum atomic E-state index is -0.643. The number of amides is 2. The van der Waals surface area contributed by atoms with Crippen molar-refractivity contribution < 1.29 is 14.0 Å². The minimum absolute atomic E-state index is 0.0908. The van der Waals surface area contributed by atoms with Gasteiger partial charge in [0.25, 0.3) is 11.8 Å². The maximum atomic E-state index is 13.2. The molecule has 1 aliphatic rings. The van der Waals surface area contributed by atoms with E-state index in [0.717, 1.165) is 15.9 Å². The molecule has 5 rings (SSSR count). The normalized spacial score (nSPS) is 15.5. The molecule has 2 N–H and O–H groups in total. The van der Waals surface area contributed by atoms with Crippen molar-refractivity contribution in [3.63, 3.8) is 0 Å². The smallest absolute Gasteiger partial charge is 0.270 e. The van der Waals surface area contributed by atoms with Crippen LogP contribution in [0.1, 0.15) is 5.76 Å². The Labute approximate surface area is 206 Å². The van der Waals surface area contributed by atoms with E-state index < -0.39 is 11.8 Å². The molecule has 0 spiro atoms. The number of fused-ring (bicyclic) bond motifs is 1. The van der Waals surface area contributed by atoms with Gasteiger partial charge >= 0.3 is 0 Å². The van der Waals surface area contributed by atoms with Crippen molar-refractivity contribution >= 4 is 86.9 Å². The SMILES string of the molecule is O=C1NC(=S)N(c2cccc(Cl)c2Cl)C(=O)/C1=C/c1ccc(Sc2nc3ccccc3[nH]2)o1. The first-order chi connectivity index (χ1) is 15.9. The standard InChI is InChI=1S/C22H12Cl2N4O3S2/c23-13-4-3-7-16(18(13)24)28-20(30)12(19(29)27-22(28)32)10-11-8-9-17(31-11)33-21-25-14-5-1-2-6-15(14)26-21/h1-10H,(H,25,26)(H,27,29,32)/b12-10+. The molecular formula is C22H12Cl2N4O3S2. The summed E-state index contributed by atoms with van der Waals surface area (Å²) in [6.45, 7) is 0. The molecule has 1 fully saturated rings. The minimum Gasteiger partial charge on any atom is -0.450 e. The van der Waals surface area contributed by atoms with Gasteiger partial charge in [0, 0.05) is 0 Å². The molecule has 1 saturated heterocycles. The van der Waals surface area contributed by atoms with Crippen LogP contribution >= 0.6 is 47.2 Å². The molecule has 0 atom stereocenters. The molecule has 0 unspecified atom stereocenters. The number of furan rings is 1. The number of hydrogen-bond acceptors (Lipinski definition) is 6. The molecule has 0 aliphatic carbocycles. The molecule has 7 nitrogen and oxygen atoms in total. The van der Waals surface area contributed by atoms with Crippen molar-refractivity contribution in [2.75, 3.05) is 4.90 Å². The fourth-order valence-electron chi connectivity index (χ4n) is 3.22. The van der Waals surface area contributed by atoms with Gasteiger partial charge in [-0.3, -0.25) is 19.8 Å². The summed E-state index contributed by atoms with van der Waals surface area (Å²) in [5.74, 6) is -0.963. The summed E-state index contributed by atoms with van der Waals surface area (Å²) in [5.41, 5.74) is 1.86. The van der Waals surface area contributed by atoms with Gasteiger partial charge in [0.1, 0.15) is 11.3 Å². The highest BCUT2D eigenvalue weighted by Gasteiger charge is 2.36. The lowest BCUT2D eigenvalue weighted by molar-refractivity contribution is -0.122. The zero-order chi connectivity index (χ0) is 23.1. The third kappa shape index (κ3) is 4.16. The summed E-state index contributed by atoms with van der Waals surface area (Å²) in [4.78, 5) is 34.5. The van der Waals surface area contributed by atoms with Gasteiger partial charge in [0.05, 0.1) is 26.8 Å². The number of nitrogens with zero attached hydrogens (tertiary/aromatic N) is 2. The molecule has 0 bridgehead atoms. The van der Waals surface area contributed by atoms with E-state index in [-0.39, 0.29) is 26.4 Å². The monoisotopic (exact) mass is 514 g/mol. The average Bonchev–Trinajstić information content (AvgIpc) is 3.40. The number of benzene rings is 2. The summed E-state index contributed by atoms with van der Waals surface area (Å²) in [6, 6.07) is 15.9. The Morgan fingerprint density at radius 1 is 1.06 bits per heavy atom. The largest absolute Gasteiger partial charge is 0.450 e. The third-order valence-electron chi connectivity index (χ3n) is 4.73. The topological polar surface area (TPSA) is 91.2 Å². The summed E-state index contributed by atoms with van der Waals surface area (Å²) < 4.78 is 5.79. The number of halogens is 2. The number of carbonyl (C=O) groups is 2. The highest BCUT2D eigenvalue weighted by molar-refractivity contribution is 7.99. The molecule has 11 heteroatoms. The number of H-pyrrole nitrogens is 1. The van der Waals surface area contributed by atoms with Crippen LogP contribution < -0.4 is 10.2 Å². The van der Waals surface area contributed by atoms with Gasteiger partial charge in [-0.15, -0.1) is 0 Å². The second kappa shape index (κ2) is 8.68. The van der Waals surface area contributed by atoms with Gasteiger partial charge in [0.15, 0.2) is 15.4 Å². The van der Waals surface area contributed by atoms with Gasteiger partial charge < -0.3 is 9.40 Å². The maximum absolute atomic E-state index is 13.2. The third-order valence-corrected chi connectivity index (χ3v) is 6.63. The van der Waals surface area contributed by atoms with E-state index in [1.165, 1.54) is 17.8 Å². The first kappa shape index (κ1) is 21.7. The molecule has 0 saturated carbocycles. The molecule has 33 heavy (non-hydrogen) atoms. The number of nitrogens with one attached hydrogen (secondary N) is 2.